The molecule has 1 unspecified atom stereocenters. The van der Waals surface area contributed by atoms with Gasteiger partial charge < -0.3 is 10.4 Å². The minimum Gasteiger partial charge on any atom is -0.476 e. The number of carbonyl (C=O) groups is 1. The molecule has 0 bridgehead atoms. The molecule has 1 heterocycles. The number of aromatic carboxylic acids is 1. The van der Waals surface area contributed by atoms with E-state index in [2.05, 4.69) is 15.5 Å². The van der Waals surface area contributed by atoms with E-state index in [9.17, 15) is 9.18 Å². The summed E-state index contributed by atoms with van der Waals surface area (Å²) in [6.45, 7) is 3.56. The number of aromatic nitrogens is 2. The summed E-state index contributed by atoms with van der Waals surface area (Å²) in [4.78, 5) is 10.7. The first kappa shape index (κ1) is 13.9. The van der Waals surface area contributed by atoms with E-state index in [1.54, 1.807) is 13.0 Å². The minimum atomic E-state index is -1.13. The summed E-state index contributed by atoms with van der Waals surface area (Å²) >= 11 is 0. The smallest absolute Gasteiger partial charge is 0.356 e. The molecule has 5 nitrogen and oxygen atoms in total. The van der Waals surface area contributed by atoms with Gasteiger partial charge in [0.2, 0.25) is 0 Å². The molecule has 2 aromatic rings. The molecule has 20 heavy (non-hydrogen) atoms. The van der Waals surface area contributed by atoms with Crippen LogP contribution in [0.4, 0.5) is 10.2 Å². The Morgan fingerprint density at radius 3 is 2.60 bits per heavy atom. The Kier molecular flexibility index (Phi) is 3.93. The molecule has 0 saturated heterocycles. The van der Waals surface area contributed by atoms with Crippen molar-refractivity contribution in [3.05, 3.63) is 53.0 Å². The lowest BCUT2D eigenvalue weighted by atomic mass is 10.1. The lowest BCUT2D eigenvalue weighted by Gasteiger charge is -2.15. The SMILES string of the molecule is Cc1ccc(C(C)Nc2ccc(C(=O)O)nn2)cc1F. The van der Waals surface area contributed by atoms with Crippen LogP contribution in [0.2, 0.25) is 0 Å². The Balaban J connectivity index is 2.12. The van der Waals surface area contributed by atoms with E-state index in [0.29, 0.717) is 11.4 Å². The zero-order valence-corrected chi connectivity index (χ0v) is 11.1. The normalized spacial score (nSPS) is 11.9. The molecule has 0 radical (unpaired) electrons. The summed E-state index contributed by atoms with van der Waals surface area (Å²) in [6, 6.07) is 7.72. The molecule has 0 amide bonds. The highest BCUT2D eigenvalue weighted by atomic mass is 19.1. The maximum absolute atomic E-state index is 13.5. The molecule has 0 saturated carbocycles. The van der Waals surface area contributed by atoms with Crippen LogP contribution in [0.25, 0.3) is 0 Å². The quantitative estimate of drug-likeness (QED) is 0.897. The Morgan fingerprint density at radius 1 is 1.30 bits per heavy atom. The van der Waals surface area contributed by atoms with E-state index in [4.69, 9.17) is 5.11 Å². The van der Waals surface area contributed by atoms with Crippen molar-refractivity contribution in [3.63, 3.8) is 0 Å². The van der Waals surface area contributed by atoms with E-state index in [1.807, 2.05) is 13.0 Å². The number of aryl methyl sites for hydroxylation is 1. The van der Waals surface area contributed by atoms with Crippen LogP contribution in [-0.4, -0.2) is 21.3 Å². The maximum atomic E-state index is 13.5. The third-order valence-corrected chi connectivity index (χ3v) is 2.94. The molecule has 104 valence electrons. The number of carboxylic acids is 1. The first-order valence-electron chi connectivity index (χ1n) is 6.07. The number of anilines is 1. The van der Waals surface area contributed by atoms with Crippen molar-refractivity contribution in [3.8, 4) is 0 Å². The molecule has 0 aliphatic carbocycles. The highest BCUT2D eigenvalue weighted by Gasteiger charge is 2.10. The number of benzene rings is 1. The molecule has 0 spiro atoms. The van der Waals surface area contributed by atoms with Gasteiger partial charge in [0.1, 0.15) is 11.6 Å². The van der Waals surface area contributed by atoms with Gasteiger partial charge in [0.25, 0.3) is 0 Å². The van der Waals surface area contributed by atoms with Crippen LogP contribution >= 0.6 is 0 Å². The zero-order chi connectivity index (χ0) is 14.7. The molecule has 1 aromatic carbocycles. The highest BCUT2D eigenvalue weighted by Crippen LogP contribution is 2.19. The van der Waals surface area contributed by atoms with Crippen molar-refractivity contribution in [2.75, 3.05) is 5.32 Å². The summed E-state index contributed by atoms with van der Waals surface area (Å²) in [5, 5.41) is 19.1. The second-order valence-electron chi connectivity index (χ2n) is 4.48. The maximum Gasteiger partial charge on any atom is 0.356 e. The summed E-state index contributed by atoms with van der Waals surface area (Å²) in [7, 11) is 0. The van der Waals surface area contributed by atoms with Crippen molar-refractivity contribution >= 4 is 11.8 Å². The van der Waals surface area contributed by atoms with Gasteiger partial charge >= 0.3 is 5.97 Å². The van der Waals surface area contributed by atoms with E-state index < -0.39 is 5.97 Å². The number of nitrogens with zero attached hydrogens (tertiary/aromatic N) is 2. The second-order valence-corrected chi connectivity index (χ2v) is 4.48. The fourth-order valence-electron chi connectivity index (χ4n) is 1.71. The van der Waals surface area contributed by atoms with Gasteiger partial charge in [0.05, 0.1) is 6.04 Å². The zero-order valence-electron chi connectivity index (χ0n) is 11.1. The number of hydrogen-bond donors (Lipinski definition) is 2. The topological polar surface area (TPSA) is 75.1 Å². The van der Waals surface area contributed by atoms with Gasteiger partial charge in [-0.2, -0.15) is 0 Å². The predicted octanol–water partition coefficient (Wildman–Crippen LogP) is 2.80. The largest absolute Gasteiger partial charge is 0.476 e. The first-order valence-corrected chi connectivity index (χ1v) is 6.07. The van der Waals surface area contributed by atoms with Gasteiger partial charge in [-0.1, -0.05) is 12.1 Å². The highest BCUT2D eigenvalue weighted by molar-refractivity contribution is 5.85. The summed E-state index contributed by atoms with van der Waals surface area (Å²) in [6.07, 6.45) is 0. The number of hydrogen-bond acceptors (Lipinski definition) is 4. The third kappa shape index (κ3) is 3.09. The second kappa shape index (κ2) is 5.64. The van der Waals surface area contributed by atoms with Crippen molar-refractivity contribution in [1.29, 1.82) is 0 Å². The van der Waals surface area contributed by atoms with Crippen LogP contribution in [0, 0.1) is 12.7 Å². The van der Waals surface area contributed by atoms with E-state index >= 15 is 0 Å². The molecule has 0 aliphatic rings. The van der Waals surface area contributed by atoms with Crippen molar-refractivity contribution < 1.29 is 14.3 Å². The number of carboxylic acid groups (broad SMARTS) is 1. The summed E-state index contributed by atoms with van der Waals surface area (Å²) in [5.41, 5.74) is 1.24. The van der Waals surface area contributed by atoms with Crippen molar-refractivity contribution in [1.82, 2.24) is 10.2 Å². The fraction of sp³-hybridized carbons (Fsp3) is 0.214. The molecular weight excluding hydrogens is 261 g/mol. The van der Waals surface area contributed by atoms with Crippen LogP contribution in [0.5, 0.6) is 0 Å². The lowest BCUT2D eigenvalue weighted by molar-refractivity contribution is 0.0689. The average molecular weight is 275 g/mol. The average Bonchev–Trinajstić information content (AvgIpc) is 2.42. The fourth-order valence-corrected chi connectivity index (χ4v) is 1.71. The molecule has 1 atom stereocenters. The van der Waals surface area contributed by atoms with Crippen molar-refractivity contribution in [2.45, 2.75) is 19.9 Å². The number of nitrogens with one attached hydrogen (secondary N) is 1. The van der Waals surface area contributed by atoms with E-state index in [0.717, 1.165) is 5.56 Å². The van der Waals surface area contributed by atoms with Gasteiger partial charge in [-0.15, -0.1) is 10.2 Å². The van der Waals surface area contributed by atoms with E-state index in [-0.39, 0.29) is 17.6 Å². The predicted molar refractivity (Wildman–Crippen MR) is 72.2 cm³/mol. The van der Waals surface area contributed by atoms with Crippen LogP contribution in [0.3, 0.4) is 0 Å². The number of rotatable bonds is 4. The summed E-state index contributed by atoms with van der Waals surface area (Å²) in [5.74, 6) is -0.954. The Morgan fingerprint density at radius 2 is 2.05 bits per heavy atom. The molecule has 2 rings (SSSR count). The standard InChI is InChI=1S/C14H14FN3O2/c1-8-3-4-10(7-11(8)15)9(2)16-13-6-5-12(14(19)20)17-18-13/h3-7,9H,1-2H3,(H,16,18)(H,19,20). The van der Waals surface area contributed by atoms with Crippen molar-refractivity contribution in [2.24, 2.45) is 0 Å². The summed E-state index contributed by atoms with van der Waals surface area (Å²) < 4.78 is 13.5. The van der Waals surface area contributed by atoms with Crippen LogP contribution in [-0.2, 0) is 0 Å². The Bertz CT molecular complexity index is 629. The Labute approximate surface area is 115 Å². The number of halogens is 1. The van der Waals surface area contributed by atoms with Gasteiger partial charge in [-0.3, -0.25) is 0 Å². The van der Waals surface area contributed by atoms with E-state index in [1.165, 1.54) is 18.2 Å². The van der Waals surface area contributed by atoms with Crippen LogP contribution in [0.1, 0.15) is 34.6 Å². The van der Waals surface area contributed by atoms with Gasteiger partial charge in [-0.05, 0) is 43.2 Å². The lowest BCUT2D eigenvalue weighted by Crippen LogP contribution is -2.10. The third-order valence-electron chi connectivity index (χ3n) is 2.94. The molecule has 0 fully saturated rings. The molecule has 0 aliphatic heterocycles. The molecule has 1 aromatic heterocycles. The molecular formula is C14H14FN3O2. The Hall–Kier alpha value is -2.50. The first-order chi connectivity index (χ1) is 9.47. The molecule has 6 heteroatoms. The molecule has 2 N–H and O–H groups in total. The minimum absolute atomic E-state index is 0.121. The van der Waals surface area contributed by atoms with Gasteiger partial charge in [0.15, 0.2) is 5.69 Å². The monoisotopic (exact) mass is 275 g/mol. The van der Waals surface area contributed by atoms with Crippen LogP contribution < -0.4 is 5.32 Å². The van der Waals surface area contributed by atoms with Crippen LogP contribution in [0.15, 0.2) is 30.3 Å². The van der Waals surface area contributed by atoms with Gasteiger partial charge in [0, 0.05) is 0 Å². The van der Waals surface area contributed by atoms with Gasteiger partial charge in [-0.25, -0.2) is 9.18 Å².